The molecule has 0 aromatic rings. The van der Waals surface area contributed by atoms with E-state index in [4.69, 9.17) is 21.7 Å². The van der Waals surface area contributed by atoms with Crippen molar-refractivity contribution in [3.05, 3.63) is 12.4 Å². The number of Topliss-reactive ketones (excluding diaryl/α,β-unsaturated/α-hetero) is 1. The molecule has 22 heavy (non-hydrogen) atoms. The molecule has 1 heterocycles. The predicted octanol–water partition coefficient (Wildman–Crippen LogP) is -2.89. The highest BCUT2D eigenvalue weighted by atomic mass is 19.2. The number of carboxylic acid groups (broad SMARTS) is 1. The van der Waals surface area contributed by atoms with Crippen molar-refractivity contribution in [2.24, 2.45) is 11.5 Å². The number of hydrogen-bond donors (Lipinski definition) is 6. The number of aliphatic hydroxyl groups is 2. The SMILES string of the molecule is C=C(N)NC1C(N)C(C(O)C(=O)CO)OC(F)(C(=O)O)C1F. The molecule has 11 heteroatoms. The van der Waals surface area contributed by atoms with Gasteiger partial charge in [0.2, 0.25) is 0 Å². The first-order valence-electron chi connectivity index (χ1n) is 6.08. The Morgan fingerprint density at radius 3 is 2.45 bits per heavy atom. The molecule has 6 atom stereocenters. The van der Waals surface area contributed by atoms with Crippen LogP contribution in [0.3, 0.4) is 0 Å². The molecule has 0 saturated carbocycles. The highest BCUT2D eigenvalue weighted by Gasteiger charge is 2.62. The van der Waals surface area contributed by atoms with Crippen LogP contribution in [0.2, 0.25) is 0 Å². The topological polar surface area (TPSA) is 168 Å². The van der Waals surface area contributed by atoms with Crippen LogP contribution in [0.4, 0.5) is 8.78 Å². The summed E-state index contributed by atoms with van der Waals surface area (Å²) >= 11 is 0. The molecule has 0 aromatic heterocycles. The quantitative estimate of drug-likeness (QED) is 0.300. The molecular formula is C11H17F2N3O6. The molecule has 1 fully saturated rings. The van der Waals surface area contributed by atoms with Gasteiger partial charge in [0, 0.05) is 0 Å². The Morgan fingerprint density at radius 2 is 2.05 bits per heavy atom. The van der Waals surface area contributed by atoms with Gasteiger partial charge in [-0.2, -0.15) is 4.39 Å². The van der Waals surface area contributed by atoms with Crippen molar-refractivity contribution in [1.29, 1.82) is 0 Å². The lowest BCUT2D eigenvalue weighted by Gasteiger charge is -2.45. The molecule has 0 aliphatic carbocycles. The van der Waals surface area contributed by atoms with Gasteiger partial charge in [0.15, 0.2) is 12.0 Å². The van der Waals surface area contributed by atoms with Gasteiger partial charge in [-0.15, -0.1) is 0 Å². The van der Waals surface area contributed by atoms with Gasteiger partial charge in [-0.1, -0.05) is 6.58 Å². The van der Waals surface area contributed by atoms with Gasteiger partial charge in [-0.3, -0.25) is 4.79 Å². The smallest absolute Gasteiger partial charge is 0.372 e. The molecule has 0 bridgehead atoms. The molecule has 0 spiro atoms. The first-order valence-corrected chi connectivity index (χ1v) is 6.08. The number of carbonyl (C=O) groups is 2. The summed E-state index contributed by atoms with van der Waals surface area (Å²) in [5, 5.41) is 29.3. The van der Waals surface area contributed by atoms with Crippen LogP contribution in [0.5, 0.6) is 0 Å². The Morgan fingerprint density at radius 1 is 1.50 bits per heavy atom. The van der Waals surface area contributed by atoms with Crippen molar-refractivity contribution in [2.75, 3.05) is 6.61 Å². The van der Waals surface area contributed by atoms with E-state index in [2.05, 4.69) is 16.6 Å². The number of rotatable bonds is 6. The minimum atomic E-state index is -3.87. The summed E-state index contributed by atoms with van der Waals surface area (Å²) in [4.78, 5) is 22.2. The van der Waals surface area contributed by atoms with Crippen LogP contribution in [-0.2, 0) is 14.3 Å². The zero-order valence-corrected chi connectivity index (χ0v) is 11.3. The van der Waals surface area contributed by atoms with Crippen LogP contribution in [0, 0.1) is 0 Å². The first kappa shape index (κ1) is 18.2. The van der Waals surface area contributed by atoms with E-state index >= 15 is 0 Å². The van der Waals surface area contributed by atoms with Crippen LogP contribution < -0.4 is 16.8 Å². The number of alkyl halides is 2. The second kappa shape index (κ2) is 6.52. The molecule has 1 aliphatic rings. The highest BCUT2D eigenvalue weighted by molar-refractivity contribution is 5.84. The average Bonchev–Trinajstić information content (AvgIpc) is 2.45. The third-order valence-electron chi connectivity index (χ3n) is 3.21. The standard InChI is InChI=1S/C11H17F2N3O6/c1-3(14)16-6-5(15)8(7(19)4(18)2-17)22-11(13,9(6)12)10(20)21/h5-9,16-17,19H,1-2,14-15H2,(H,20,21). The molecule has 9 nitrogen and oxygen atoms in total. The van der Waals surface area contributed by atoms with Crippen LogP contribution in [0.15, 0.2) is 12.4 Å². The van der Waals surface area contributed by atoms with Gasteiger partial charge in [-0.25, -0.2) is 9.18 Å². The summed E-state index contributed by atoms with van der Waals surface area (Å²) in [5.41, 5.74) is 10.8. The molecule has 1 rings (SSSR count). The fourth-order valence-corrected chi connectivity index (χ4v) is 2.08. The van der Waals surface area contributed by atoms with Crippen molar-refractivity contribution in [1.82, 2.24) is 5.32 Å². The molecular weight excluding hydrogens is 308 g/mol. The summed E-state index contributed by atoms with van der Waals surface area (Å²) in [6, 6.07) is -3.29. The van der Waals surface area contributed by atoms with Gasteiger partial charge in [0.25, 0.3) is 0 Å². The number of hydrogen-bond acceptors (Lipinski definition) is 8. The predicted molar refractivity (Wildman–Crippen MR) is 67.6 cm³/mol. The minimum Gasteiger partial charge on any atom is -0.477 e. The number of nitrogens with one attached hydrogen (secondary N) is 1. The minimum absolute atomic E-state index is 0.334. The van der Waals surface area contributed by atoms with Gasteiger partial charge in [-0.05, 0) is 0 Å². The number of carbonyl (C=O) groups excluding carboxylic acids is 1. The van der Waals surface area contributed by atoms with Crippen molar-refractivity contribution < 1.29 is 38.4 Å². The second-order valence-electron chi connectivity index (χ2n) is 4.78. The van der Waals surface area contributed by atoms with Crippen molar-refractivity contribution in [3.63, 3.8) is 0 Å². The van der Waals surface area contributed by atoms with E-state index in [1.165, 1.54) is 0 Å². The molecule has 126 valence electrons. The Kier molecular flexibility index (Phi) is 5.40. The number of aliphatic hydroxyl groups excluding tert-OH is 2. The summed E-state index contributed by atoms with van der Waals surface area (Å²) < 4.78 is 32.8. The summed E-state index contributed by atoms with van der Waals surface area (Å²) in [6.07, 6.45) is -6.88. The maximum Gasteiger partial charge on any atom is 0.372 e. The van der Waals surface area contributed by atoms with E-state index in [1.54, 1.807) is 0 Å². The Hall–Kier alpha value is -1.82. The number of nitrogens with two attached hydrogens (primary N) is 2. The molecule has 6 unspecified atom stereocenters. The third kappa shape index (κ3) is 3.16. The largest absolute Gasteiger partial charge is 0.477 e. The molecule has 1 aliphatic heterocycles. The monoisotopic (exact) mass is 325 g/mol. The van der Waals surface area contributed by atoms with Crippen LogP contribution in [-0.4, -0.2) is 70.0 Å². The zero-order valence-electron chi connectivity index (χ0n) is 11.3. The average molecular weight is 325 g/mol. The molecule has 1 saturated heterocycles. The van der Waals surface area contributed by atoms with Crippen LogP contribution in [0.25, 0.3) is 0 Å². The Bertz CT molecular complexity index is 479. The van der Waals surface area contributed by atoms with Gasteiger partial charge in [0.1, 0.15) is 18.8 Å². The van der Waals surface area contributed by atoms with E-state index in [-0.39, 0.29) is 5.82 Å². The van der Waals surface area contributed by atoms with Crippen molar-refractivity contribution >= 4 is 11.8 Å². The fourth-order valence-electron chi connectivity index (χ4n) is 2.08. The maximum atomic E-state index is 14.3. The number of carboxylic acids is 1. The lowest BCUT2D eigenvalue weighted by atomic mass is 9.87. The van der Waals surface area contributed by atoms with Crippen LogP contribution >= 0.6 is 0 Å². The van der Waals surface area contributed by atoms with Gasteiger partial charge in [0.05, 0.1) is 17.9 Å². The fraction of sp³-hybridized carbons (Fsp3) is 0.636. The van der Waals surface area contributed by atoms with Crippen LogP contribution in [0.1, 0.15) is 0 Å². The van der Waals surface area contributed by atoms with E-state index in [0.29, 0.717) is 0 Å². The van der Waals surface area contributed by atoms with Crippen molar-refractivity contribution in [2.45, 2.75) is 36.3 Å². The Balaban J connectivity index is 3.21. The van der Waals surface area contributed by atoms with Gasteiger partial charge >= 0.3 is 11.8 Å². The summed E-state index contributed by atoms with van der Waals surface area (Å²) in [5.74, 6) is -7.71. The molecule has 0 radical (unpaired) electrons. The summed E-state index contributed by atoms with van der Waals surface area (Å²) in [7, 11) is 0. The number of halogens is 2. The molecule has 8 N–H and O–H groups in total. The van der Waals surface area contributed by atoms with Gasteiger partial charge < -0.3 is 36.8 Å². The lowest BCUT2D eigenvalue weighted by Crippen LogP contribution is -2.72. The highest BCUT2D eigenvalue weighted by Crippen LogP contribution is 2.34. The van der Waals surface area contributed by atoms with E-state index < -0.39 is 54.7 Å². The Labute approximate surface area is 123 Å². The van der Waals surface area contributed by atoms with E-state index in [0.717, 1.165) is 0 Å². The third-order valence-corrected chi connectivity index (χ3v) is 3.21. The first-order chi connectivity index (χ1) is 10.1. The zero-order chi connectivity index (χ0) is 17.2. The number of ether oxygens (including phenoxy) is 1. The molecule has 0 amide bonds. The lowest BCUT2D eigenvalue weighted by molar-refractivity contribution is -0.267. The normalized spacial score (nSPS) is 36.4. The maximum absolute atomic E-state index is 14.3. The second-order valence-corrected chi connectivity index (χ2v) is 4.78. The summed E-state index contributed by atoms with van der Waals surface area (Å²) in [6.45, 7) is 2.07. The number of aliphatic carboxylic acids is 1. The molecule has 0 aromatic carbocycles. The van der Waals surface area contributed by atoms with E-state index in [1.807, 2.05) is 0 Å². The van der Waals surface area contributed by atoms with Crippen molar-refractivity contribution in [3.8, 4) is 0 Å². The number of ketones is 1. The van der Waals surface area contributed by atoms with E-state index in [9.17, 15) is 23.5 Å².